The van der Waals surface area contributed by atoms with Crippen molar-refractivity contribution in [2.45, 2.75) is 37.3 Å². The molecule has 1 saturated heterocycles. The molecule has 34 heavy (non-hydrogen) atoms. The van der Waals surface area contributed by atoms with E-state index in [2.05, 4.69) is 10.7 Å². The largest absolute Gasteiger partial charge is 0.479 e. The van der Waals surface area contributed by atoms with Crippen LogP contribution in [0, 0.1) is 0 Å². The third-order valence-electron chi connectivity index (χ3n) is 6.00. The van der Waals surface area contributed by atoms with E-state index in [-0.39, 0.29) is 24.4 Å². The zero-order chi connectivity index (χ0) is 23.8. The average Bonchev–Trinajstić information content (AvgIpc) is 2.84. The summed E-state index contributed by atoms with van der Waals surface area (Å²) in [5.41, 5.74) is 1.97. The van der Waals surface area contributed by atoms with E-state index in [1.807, 2.05) is 36.6 Å². The fraction of sp³-hybridized carbons (Fsp3) is 0.375. The molecule has 0 radical (unpaired) electrons. The molecule has 1 aliphatic rings. The highest BCUT2D eigenvalue weighted by Gasteiger charge is 2.54. The van der Waals surface area contributed by atoms with Crippen molar-refractivity contribution in [2.75, 3.05) is 18.6 Å². The number of aliphatic carboxylic acids is 1. The number of thioether (sulfide) groups is 1. The summed E-state index contributed by atoms with van der Waals surface area (Å²) in [4.78, 5) is 38.6. The molecule has 4 N–H and O–H groups in total. The minimum atomic E-state index is -1.79. The van der Waals surface area contributed by atoms with Crippen molar-refractivity contribution in [3.05, 3.63) is 60.2 Å². The standard InChI is InChI=1S/C24H29N3O5S.ClH/c1-33-16-14-24(22(29)30,20-13-7-8-15-25-20)27(26-23(31)32)21(28)19-12-6-5-11-18(19)17-9-3-2-4-10-17;/h2-6,9-12,20,25-26H,7-8,13-16H2,1H3,(H,29,30)(H,31,32);1H/t20?,24-;/m1./s1. The van der Waals surface area contributed by atoms with E-state index in [0.29, 0.717) is 24.3 Å². The first-order valence-corrected chi connectivity index (χ1v) is 12.3. The average molecular weight is 508 g/mol. The van der Waals surface area contributed by atoms with Gasteiger partial charge in [-0.3, -0.25) is 4.79 Å². The number of carboxylic acids is 1. The lowest BCUT2D eigenvalue weighted by molar-refractivity contribution is -0.154. The van der Waals surface area contributed by atoms with Gasteiger partial charge in [-0.2, -0.15) is 11.8 Å². The number of hydrazine groups is 1. The predicted molar refractivity (Wildman–Crippen MR) is 135 cm³/mol. The molecule has 1 aliphatic heterocycles. The van der Waals surface area contributed by atoms with Crippen LogP contribution in [0.2, 0.25) is 0 Å². The van der Waals surface area contributed by atoms with Gasteiger partial charge in [-0.1, -0.05) is 55.0 Å². The molecule has 3 rings (SSSR count). The smallest absolute Gasteiger partial charge is 0.423 e. The Kier molecular flexibility index (Phi) is 10.2. The third-order valence-corrected chi connectivity index (χ3v) is 6.61. The Morgan fingerprint density at radius 1 is 1.09 bits per heavy atom. The summed E-state index contributed by atoms with van der Waals surface area (Å²) in [6, 6.07) is 15.5. The molecule has 0 spiro atoms. The Hall–Kier alpha value is -2.75. The van der Waals surface area contributed by atoms with Gasteiger partial charge < -0.3 is 15.5 Å². The SMILES string of the molecule is CSCC[C@](C(=O)O)(C1CCCCN1)N(NC(=O)O)C(=O)c1ccccc1-c1ccccc1.Cl. The van der Waals surface area contributed by atoms with Crippen molar-refractivity contribution in [1.29, 1.82) is 0 Å². The van der Waals surface area contributed by atoms with E-state index in [0.717, 1.165) is 23.4 Å². The molecule has 184 valence electrons. The molecule has 8 nitrogen and oxygen atoms in total. The van der Waals surface area contributed by atoms with Gasteiger partial charge in [-0.15, -0.1) is 12.4 Å². The van der Waals surface area contributed by atoms with Crippen LogP contribution in [0.1, 0.15) is 36.0 Å². The molecule has 2 aromatic rings. The normalized spacial score (nSPS) is 17.0. The molecule has 0 bridgehead atoms. The summed E-state index contributed by atoms with van der Waals surface area (Å²) in [7, 11) is 0. The van der Waals surface area contributed by atoms with E-state index < -0.39 is 29.6 Å². The highest BCUT2D eigenvalue weighted by atomic mass is 35.5. The van der Waals surface area contributed by atoms with Gasteiger partial charge in [0, 0.05) is 11.6 Å². The molecular weight excluding hydrogens is 478 g/mol. The van der Waals surface area contributed by atoms with Gasteiger partial charge in [0.1, 0.15) is 0 Å². The van der Waals surface area contributed by atoms with Crippen LogP contribution in [0.5, 0.6) is 0 Å². The maximum Gasteiger partial charge on any atom is 0.423 e. The van der Waals surface area contributed by atoms with Crippen molar-refractivity contribution in [2.24, 2.45) is 0 Å². The second kappa shape index (κ2) is 12.6. The third kappa shape index (κ3) is 5.84. The van der Waals surface area contributed by atoms with Crippen molar-refractivity contribution in [3.63, 3.8) is 0 Å². The lowest BCUT2D eigenvalue weighted by Crippen LogP contribution is -2.72. The number of amides is 2. The number of nitrogens with one attached hydrogen (secondary N) is 2. The zero-order valence-electron chi connectivity index (χ0n) is 18.9. The molecule has 2 amide bonds. The monoisotopic (exact) mass is 507 g/mol. The van der Waals surface area contributed by atoms with Gasteiger partial charge in [0.05, 0.1) is 0 Å². The number of rotatable bonds is 8. The summed E-state index contributed by atoms with van der Waals surface area (Å²) >= 11 is 1.45. The first kappa shape index (κ1) is 27.5. The van der Waals surface area contributed by atoms with Gasteiger partial charge in [0.25, 0.3) is 5.91 Å². The maximum atomic E-state index is 13.9. The van der Waals surface area contributed by atoms with E-state index in [1.54, 1.807) is 24.3 Å². The molecule has 2 atom stereocenters. The molecule has 0 aromatic heterocycles. The van der Waals surface area contributed by atoms with Crippen LogP contribution in [0.15, 0.2) is 54.6 Å². The molecule has 1 heterocycles. The fourth-order valence-electron chi connectivity index (χ4n) is 4.40. The number of hydrogen-bond acceptors (Lipinski definition) is 5. The molecule has 1 unspecified atom stereocenters. The van der Waals surface area contributed by atoms with Crippen LogP contribution in [0.4, 0.5) is 4.79 Å². The number of benzene rings is 2. The second-order valence-electron chi connectivity index (χ2n) is 7.94. The Bertz CT molecular complexity index is 988. The molecule has 2 aromatic carbocycles. The number of carbonyl (C=O) groups is 3. The number of hydrogen-bond donors (Lipinski definition) is 4. The van der Waals surface area contributed by atoms with Crippen LogP contribution < -0.4 is 10.7 Å². The summed E-state index contributed by atoms with van der Waals surface area (Å²) in [5.74, 6) is -1.50. The van der Waals surface area contributed by atoms with Crippen LogP contribution in [0.25, 0.3) is 11.1 Å². The molecular formula is C24H30ClN3O5S. The van der Waals surface area contributed by atoms with Gasteiger partial charge >= 0.3 is 12.1 Å². The van der Waals surface area contributed by atoms with E-state index in [9.17, 15) is 24.6 Å². The summed E-state index contributed by atoms with van der Waals surface area (Å²) in [5, 5.41) is 24.2. The summed E-state index contributed by atoms with van der Waals surface area (Å²) in [6.07, 6.45) is 2.65. The minimum absolute atomic E-state index is 0. The number of nitrogens with zero attached hydrogens (tertiary/aromatic N) is 1. The van der Waals surface area contributed by atoms with Gasteiger partial charge in [0.15, 0.2) is 5.54 Å². The lowest BCUT2D eigenvalue weighted by atomic mass is 9.81. The van der Waals surface area contributed by atoms with Crippen molar-refractivity contribution in [3.8, 4) is 11.1 Å². The lowest BCUT2D eigenvalue weighted by Gasteiger charge is -2.46. The van der Waals surface area contributed by atoms with Crippen LogP contribution >= 0.6 is 24.2 Å². The van der Waals surface area contributed by atoms with Crippen molar-refractivity contribution >= 4 is 42.1 Å². The number of carboxylic acid groups (broad SMARTS) is 2. The number of carbonyl (C=O) groups excluding carboxylic acids is 1. The second-order valence-corrected chi connectivity index (χ2v) is 8.93. The van der Waals surface area contributed by atoms with E-state index >= 15 is 0 Å². The Morgan fingerprint density at radius 3 is 2.35 bits per heavy atom. The molecule has 0 saturated carbocycles. The van der Waals surface area contributed by atoms with Gasteiger partial charge in [-0.25, -0.2) is 20.0 Å². The highest BCUT2D eigenvalue weighted by molar-refractivity contribution is 7.98. The van der Waals surface area contributed by atoms with E-state index in [1.165, 1.54) is 11.8 Å². The summed E-state index contributed by atoms with van der Waals surface area (Å²) in [6.45, 7) is 0.606. The fourth-order valence-corrected chi connectivity index (χ4v) is 4.91. The van der Waals surface area contributed by atoms with Crippen molar-refractivity contribution < 1.29 is 24.6 Å². The quantitative estimate of drug-likeness (QED) is 0.397. The van der Waals surface area contributed by atoms with Gasteiger partial charge in [0.2, 0.25) is 0 Å². The van der Waals surface area contributed by atoms with E-state index in [4.69, 9.17) is 0 Å². The van der Waals surface area contributed by atoms with Crippen LogP contribution in [0.3, 0.4) is 0 Å². The molecule has 0 aliphatic carbocycles. The maximum absolute atomic E-state index is 13.9. The first-order chi connectivity index (χ1) is 15.9. The Morgan fingerprint density at radius 2 is 1.76 bits per heavy atom. The predicted octanol–water partition coefficient (Wildman–Crippen LogP) is 4.12. The minimum Gasteiger partial charge on any atom is -0.479 e. The first-order valence-electron chi connectivity index (χ1n) is 10.9. The highest BCUT2D eigenvalue weighted by Crippen LogP contribution is 2.33. The number of piperidine rings is 1. The Balaban J connectivity index is 0.00000408. The van der Waals surface area contributed by atoms with Crippen molar-refractivity contribution in [1.82, 2.24) is 15.8 Å². The van der Waals surface area contributed by atoms with Crippen LogP contribution in [-0.4, -0.2) is 63.3 Å². The Labute approximate surface area is 209 Å². The van der Waals surface area contributed by atoms with Crippen LogP contribution in [-0.2, 0) is 4.79 Å². The topological polar surface area (TPSA) is 119 Å². The summed E-state index contributed by atoms with van der Waals surface area (Å²) < 4.78 is 0. The molecule has 10 heteroatoms. The number of halogens is 1. The molecule has 1 fully saturated rings. The van der Waals surface area contributed by atoms with Gasteiger partial charge in [-0.05, 0) is 55.0 Å². The zero-order valence-corrected chi connectivity index (χ0v) is 20.5.